The topological polar surface area (TPSA) is 67.0 Å². The lowest BCUT2D eigenvalue weighted by Crippen LogP contribution is -2.27. The van der Waals surface area contributed by atoms with Crippen molar-refractivity contribution < 1.29 is 4.74 Å². The molecule has 0 saturated heterocycles. The molecule has 0 radical (unpaired) electrons. The van der Waals surface area contributed by atoms with Crippen LogP contribution in [0.5, 0.6) is 5.75 Å². The van der Waals surface area contributed by atoms with Gasteiger partial charge in [0.2, 0.25) is 5.75 Å². The van der Waals surface area contributed by atoms with E-state index in [4.69, 9.17) is 4.74 Å². The summed E-state index contributed by atoms with van der Waals surface area (Å²) in [5.41, 5.74) is -0.276. The van der Waals surface area contributed by atoms with Crippen LogP contribution in [0.4, 0.5) is 5.82 Å². The Labute approximate surface area is 99.0 Å². The van der Waals surface area contributed by atoms with E-state index in [0.717, 1.165) is 0 Å². The van der Waals surface area contributed by atoms with Gasteiger partial charge in [0, 0.05) is 11.3 Å². The van der Waals surface area contributed by atoms with Crippen LogP contribution in [0.15, 0.2) is 11.1 Å². The first-order valence-electron chi connectivity index (χ1n) is 4.91. The fourth-order valence-corrected chi connectivity index (χ4v) is 1.29. The first-order chi connectivity index (χ1) is 7.50. The Morgan fingerprint density at radius 1 is 1.62 bits per heavy atom. The van der Waals surface area contributed by atoms with Gasteiger partial charge in [0.15, 0.2) is 5.82 Å². The third-order valence-corrected chi connectivity index (χ3v) is 3.50. The minimum absolute atomic E-state index is 0.0787. The van der Waals surface area contributed by atoms with Crippen LogP contribution < -0.4 is 15.6 Å². The maximum Gasteiger partial charge on any atom is 0.295 e. The van der Waals surface area contributed by atoms with Gasteiger partial charge >= 0.3 is 0 Å². The van der Waals surface area contributed by atoms with Crippen molar-refractivity contribution in [1.82, 2.24) is 9.97 Å². The van der Waals surface area contributed by atoms with Crippen LogP contribution in [-0.2, 0) is 0 Å². The van der Waals surface area contributed by atoms with Gasteiger partial charge in [-0.1, -0.05) is 0 Å². The third-order valence-electron chi connectivity index (χ3n) is 2.25. The predicted molar refractivity (Wildman–Crippen MR) is 67.5 cm³/mol. The summed E-state index contributed by atoms with van der Waals surface area (Å²) in [5, 5.41) is 3.12. The summed E-state index contributed by atoms with van der Waals surface area (Å²) in [6, 6.07) is 0. The summed E-state index contributed by atoms with van der Waals surface area (Å²) in [4.78, 5) is 17.9. The maximum absolute atomic E-state index is 11.4. The third kappa shape index (κ3) is 3.16. The molecule has 0 aliphatic carbocycles. The number of methoxy groups -OCH3 is 1. The average molecular weight is 243 g/mol. The van der Waals surface area contributed by atoms with E-state index in [1.807, 2.05) is 6.26 Å². The highest BCUT2D eigenvalue weighted by Crippen LogP contribution is 2.23. The highest BCUT2D eigenvalue weighted by molar-refractivity contribution is 7.99. The fraction of sp³-hybridized carbons (Fsp3) is 0.600. The molecule has 0 saturated carbocycles. The number of aromatic amines is 1. The first-order valence-corrected chi connectivity index (χ1v) is 6.13. The number of nitrogens with zero attached hydrogens (tertiary/aromatic N) is 1. The van der Waals surface area contributed by atoms with Crippen molar-refractivity contribution in [3.63, 3.8) is 0 Å². The molecular formula is C10H17N3O2S. The molecule has 0 aliphatic rings. The lowest BCUT2D eigenvalue weighted by molar-refractivity contribution is 0.408. The fourth-order valence-electron chi connectivity index (χ4n) is 1.07. The zero-order chi connectivity index (χ0) is 12.2. The normalized spacial score (nSPS) is 11.2. The molecule has 1 heterocycles. The van der Waals surface area contributed by atoms with Crippen LogP contribution in [0.25, 0.3) is 0 Å². The molecule has 16 heavy (non-hydrogen) atoms. The molecule has 6 heteroatoms. The number of nitrogens with one attached hydrogen (secondary N) is 2. The molecule has 1 aromatic heterocycles. The van der Waals surface area contributed by atoms with E-state index in [-0.39, 0.29) is 16.1 Å². The van der Waals surface area contributed by atoms with Gasteiger partial charge in [0.05, 0.1) is 13.4 Å². The van der Waals surface area contributed by atoms with Crippen molar-refractivity contribution in [1.29, 1.82) is 0 Å². The monoisotopic (exact) mass is 243 g/mol. The van der Waals surface area contributed by atoms with E-state index in [1.54, 1.807) is 11.8 Å². The predicted octanol–water partition coefficient (Wildman–Crippen LogP) is 1.33. The van der Waals surface area contributed by atoms with Crippen LogP contribution in [0.1, 0.15) is 13.8 Å². The Kier molecular flexibility index (Phi) is 4.23. The van der Waals surface area contributed by atoms with Crippen molar-refractivity contribution in [3.05, 3.63) is 16.7 Å². The van der Waals surface area contributed by atoms with E-state index in [2.05, 4.69) is 29.1 Å². The number of H-pyrrole nitrogens is 1. The molecule has 5 nitrogen and oxygen atoms in total. The van der Waals surface area contributed by atoms with Gasteiger partial charge in [-0.2, -0.15) is 11.8 Å². The van der Waals surface area contributed by atoms with Gasteiger partial charge < -0.3 is 15.0 Å². The number of aromatic nitrogens is 2. The minimum Gasteiger partial charge on any atom is -0.489 e. The summed E-state index contributed by atoms with van der Waals surface area (Å²) < 4.78 is 5.08. The molecule has 2 N–H and O–H groups in total. The highest BCUT2D eigenvalue weighted by Gasteiger charge is 2.17. The Hall–Kier alpha value is -1.17. The van der Waals surface area contributed by atoms with E-state index < -0.39 is 0 Å². The van der Waals surface area contributed by atoms with Gasteiger partial charge in [0.1, 0.15) is 0 Å². The van der Waals surface area contributed by atoms with Gasteiger partial charge in [-0.3, -0.25) is 4.79 Å². The van der Waals surface area contributed by atoms with Crippen molar-refractivity contribution in [2.24, 2.45) is 0 Å². The van der Waals surface area contributed by atoms with Gasteiger partial charge in [-0.25, -0.2) is 4.98 Å². The molecular weight excluding hydrogens is 226 g/mol. The number of hydrogen-bond acceptors (Lipinski definition) is 5. The van der Waals surface area contributed by atoms with Crippen LogP contribution in [0.2, 0.25) is 0 Å². The van der Waals surface area contributed by atoms with Gasteiger partial charge in [-0.15, -0.1) is 0 Å². The summed E-state index contributed by atoms with van der Waals surface area (Å²) in [7, 11) is 1.46. The molecule has 0 amide bonds. The molecule has 0 unspecified atom stereocenters. The van der Waals surface area contributed by atoms with Crippen LogP contribution >= 0.6 is 11.8 Å². The number of anilines is 1. The molecule has 0 fully saturated rings. The average Bonchev–Trinajstić information content (AvgIpc) is 2.26. The quantitative estimate of drug-likeness (QED) is 0.816. The molecule has 0 atom stereocenters. The summed E-state index contributed by atoms with van der Waals surface area (Å²) >= 11 is 1.75. The Balaban J connectivity index is 2.82. The van der Waals surface area contributed by atoms with Crippen LogP contribution in [0, 0.1) is 0 Å². The molecule has 0 aromatic carbocycles. The van der Waals surface area contributed by atoms with E-state index >= 15 is 0 Å². The van der Waals surface area contributed by atoms with E-state index in [9.17, 15) is 4.79 Å². The summed E-state index contributed by atoms with van der Waals surface area (Å²) in [5.74, 6) is 0.702. The molecule has 1 aromatic rings. The zero-order valence-electron chi connectivity index (χ0n) is 9.96. The maximum atomic E-state index is 11.4. The highest BCUT2D eigenvalue weighted by atomic mass is 32.2. The van der Waals surface area contributed by atoms with Crippen LogP contribution in [0.3, 0.4) is 0 Å². The SMILES string of the molecule is COc1c(NCC(C)(C)SC)nc[nH]c1=O. The number of thioether (sulfide) groups is 1. The van der Waals surface area contributed by atoms with Crippen molar-refractivity contribution in [2.75, 3.05) is 25.2 Å². The van der Waals surface area contributed by atoms with Gasteiger partial charge in [0.25, 0.3) is 5.56 Å². The second-order valence-electron chi connectivity index (χ2n) is 3.93. The van der Waals surface area contributed by atoms with Crippen molar-refractivity contribution in [2.45, 2.75) is 18.6 Å². The van der Waals surface area contributed by atoms with Crippen molar-refractivity contribution >= 4 is 17.6 Å². The number of ether oxygens (including phenoxy) is 1. The zero-order valence-corrected chi connectivity index (χ0v) is 10.8. The first kappa shape index (κ1) is 12.9. The summed E-state index contributed by atoms with van der Waals surface area (Å²) in [6.07, 6.45) is 3.41. The molecule has 90 valence electrons. The molecule has 0 bridgehead atoms. The molecule has 1 rings (SSSR count). The van der Waals surface area contributed by atoms with E-state index in [1.165, 1.54) is 13.4 Å². The van der Waals surface area contributed by atoms with Crippen molar-refractivity contribution in [3.8, 4) is 5.75 Å². The van der Waals surface area contributed by atoms with E-state index in [0.29, 0.717) is 12.4 Å². The largest absolute Gasteiger partial charge is 0.489 e. The number of hydrogen-bond donors (Lipinski definition) is 2. The second-order valence-corrected chi connectivity index (χ2v) is 5.44. The van der Waals surface area contributed by atoms with Crippen LogP contribution in [-0.4, -0.2) is 34.6 Å². The lowest BCUT2D eigenvalue weighted by atomic mass is 10.2. The Morgan fingerprint density at radius 2 is 2.31 bits per heavy atom. The molecule has 0 aliphatic heterocycles. The second kappa shape index (κ2) is 5.25. The van der Waals surface area contributed by atoms with Gasteiger partial charge in [-0.05, 0) is 20.1 Å². The standard InChI is InChI=1S/C10H17N3O2S/c1-10(2,16-4)5-11-8-7(15-3)9(14)13-6-12-8/h6H,5H2,1-4H3,(H2,11,12,13,14). The Morgan fingerprint density at radius 3 is 2.88 bits per heavy atom. The minimum atomic E-state index is -0.276. The lowest BCUT2D eigenvalue weighted by Gasteiger charge is -2.22. The Bertz CT molecular complexity index is 403. The summed E-state index contributed by atoms with van der Waals surface area (Å²) in [6.45, 7) is 4.94. The molecule has 0 spiro atoms. The smallest absolute Gasteiger partial charge is 0.295 e. The number of rotatable bonds is 5.